The number of nitrogens with zero attached hydrogens (tertiary/aromatic N) is 1. The smallest absolute Gasteiger partial charge is 0.249 e. The van der Waals surface area contributed by atoms with Crippen molar-refractivity contribution in [3.05, 3.63) is 34.6 Å². The van der Waals surface area contributed by atoms with Crippen LogP contribution in [-0.4, -0.2) is 49.1 Å². The molecule has 0 saturated carbocycles. The van der Waals surface area contributed by atoms with Crippen LogP contribution < -0.4 is 5.32 Å². The number of ether oxygens (including phenoxy) is 1. The van der Waals surface area contributed by atoms with Gasteiger partial charge in [0, 0.05) is 36.8 Å². The van der Waals surface area contributed by atoms with Gasteiger partial charge >= 0.3 is 0 Å². The molecule has 2 aliphatic rings. The molecule has 7 heteroatoms. The Kier molecular flexibility index (Phi) is 6.48. The number of rotatable bonds is 5. The van der Waals surface area contributed by atoms with E-state index in [-0.39, 0.29) is 34.9 Å². The van der Waals surface area contributed by atoms with E-state index >= 15 is 0 Å². The SMILES string of the molecule is O=C(NCC1CCN(C(=O)Cc2c(F)cccc2Cl)CC1)C1CCCO1. The number of hydrogen-bond acceptors (Lipinski definition) is 3. The fraction of sp³-hybridized carbons (Fsp3) is 0.579. The van der Waals surface area contributed by atoms with E-state index in [4.69, 9.17) is 16.3 Å². The van der Waals surface area contributed by atoms with E-state index in [0.717, 1.165) is 25.7 Å². The predicted octanol–water partition coefficient (Wildman–Crippen LogP) is 2.56. The van der Waals surface area contributed by atoms with Crippen LogP contribution in [-0.2, 0) is 20.7 Å². The van der Waals surface area contributed by atoms with Crippen LogP contribution in [0.3, 0.4) is 0 Å². The van der Waals surface area contributed by atoms with Crippen molar-refractivity contribution in [1.29, 1.82) is 0 Å². The molecule has 1 N–H and O–H groups in total. The fourth-order valence-electron chi connectivity index (χ4n) is 3.49. The Balaban J connectivity index is 1.43. The highest BCUT2D eigenvalue weighted by Crippen LogP contribution is 2.22. The van der Waals surface area contributed by atoms with Crippen LogP contribution in [0.4, 0.5) is 4.39 Å². The topological polar surface area (TPSA) is 58.6 Å². The van der Waals surface area contributed by atoms with Gasteiger partial charge in [0.15, 0.2) is 0 Å². The van der Waals surface area contributed by atoms with Crippen molar-refractivity contribution in [2.75, 3.05) is 26.2 Å². The third kappa shape index (κ3) is 4.74. The van der Waals surface area contributed by atoms with Crippen molar-refractivity contribution in [1.82, 2.24) is 10.2 Å². The van der Waals surface area contributed by atoms with Gasteiger partial charge in [-0.3, -0.25) is 9.59 Å². The van der Waals surface area contributed by atoms with Gasteiger partial charge in [0.1, 0.15) is 11.9 Å². The molecular formula is C19H24ClFN2O3. The second kappa shape index (κ2) is 8.82. The second-order valence-electron chi connectivity index (χ2n) is 6.95. The van der Waals surface area contributed by atoms with Gasteiger partial charge < -0.3 is 15.0 Å². The van der Waals surface area contributed by atoms with Crippen LogP contribution in [0.1, 0.15) is 31.2 Å². The van der Waals surface area contributed by atoms with Gasteiger partial charge in [0.2, 0.25) is 11.8 Å². The molecule has 2 saturated heterocycles. The number of nitrogens with one attached hydrogen (secondary N) is 1. The number of amides is 2. The molecular weight excluding hydrogens is 359 g/mol. The van der Waals surface area contributed by atoms with Crippen LogP contribution in [0.2, 0.25) is 5.02 Å². The largest absolute Gasteiger partial charge is 0.368 e. The molecule has 0 aromatic heterocycles. The maximum atomic E-state index is 13.8. The highest BCUT2D eigenvalue weighted by molar-refractivity contribution is 6.31. The van der Waals surface area contributed by atoms with Crippen molar-refractivity contribution in [3.8, 4) is 0 Å². The molecule has 0 aliphatic carbocycles. The van der Waals surface area contributed by atoms with E-state index in [1.807, 2.05) is 0 Å². The van der Waals surface area contributed by atoms with Gasteiger partial charge in [-0.1, -0.05) is 17.7 Å². The van der Waals surface area contributed by atoms with E-state index in [1.165, 1.54) is 12.1 Å². The first-order valence-corrected chi connectivity index (χ1v) is 9.52. The van der Waals surface area contributed by atoms with E-state index in [9.17, 15) is 14.0 Å². The van der Waals surface area contributed by atoms with Crippen LogP contribution in [0, 0.1) is 11.7 Å². The average Bonchev–Trinajstić information content (AvgIpc) is 3.18. The lowest BCUT2D eigenvalue weighted by atomic mass is 9.96. The fourth-order valence-corrected chi connectivity index (χ4v) is 3.72. The minimum absolute atomic E-state index is 0.0219. The molecule has 5 nitrogen and oxygen atoms in total. The molecule has 142 valence electrons. The lowest BCUT2D eigenvalue weighted by Crippen LogP contribution is -2.43. The van der Waals surface area contributed by atoms with E-state index in [1.54, 1.807) is 11.0 Å². The van der Waals surface area contributed by atoms with Crippen LogP contribution in [0.25, 0.3) is 0 Å². The molecule has 2 aliphatic heterocycles. The molecule has 2 fully saturated rings. The second-order valence-corrected chi connectivity index (χ2v) is 7.36. The molecule has 3 rings (SSSR count). The summed E-state index contributed by atoms with van der Waals surface area (Å²) in [7, 11) is 0. The van der Waals surface area contributed by atoms with Crippen molar-refractivity contribution >= 4 is 23.4 Å². The van der Waals surface area contributed by atoms with Crippen LogP contribution >= 0.6 is 11.6 Å². The zero-order chi connectivity index (χ0) is 18.5. The zero-order valence-corrected chi connectivity index (χ0v) is 15.4. The molecule has 26 heavy (non-hydrogen) atoms. The highest BCUT2D eigenvalue weighted by Gasteiger charge is 2.27. The summed E-state index contributed by atoms with van der Waals surface area (Å²) in [6.45, 7) is 2.50. The minimum Gasteiger partial charge on any atom is -0.368 e. The first-order chi connectivity index (χ1) is 12.5. The van der Waals surface area contributed by atoms with Gasteiger partial charge in [-0.2, -0.15) is 0 Å². The monoisotopic (exact) mass is 382 g/mol. The van der Waals surface area contributed by atoms with Gasteiger partial charge in [-0.25, -0.2) is 4.39 Å². The summed E-state index contributed by atoms with van der Waals surface area (Å²) < 4.78 is 19.2. The van der Waals surface area contributed by atoms with E-state index in [0.29, 0.717) is 32.2 Å². The highest BCUT2D eigenvalue weighted by atomic mass is 35.5. The molecule has 0 radical (unpaired) electrons. The van der Waals surface area contributed by atoms with Gasteiger partial charge in [0.25, 0.3) is 0 Å². The molecule has 1 aromatic carbocycles. The maximum Gasteiger partial charge on any atom is 0.249 e. The minimum atomic E-state index is -0.447. The number of carbonyl (C=O) groups excluding carboxylic acids is 2. The first-order valence-electron chi connectivity index (χ1n) is 9.14. The van der Waals surface area contributed by atoms with Gasteiger partial charge in [0.05, 0.1) is 6.42 Å². The number of likely N-dealkylation sites (tertiary alicyclic amines) is 1. The molecule has 0 spiro atoms. The molecule has 0 bridgehead atoms. The van der Waals surface area contributed by atoms with Crippen LogP contribution in [0.15, 0.2) is 18.2 Å². The third-order valence-electron chi connectivity index (χ3n) is 5.14. The van der Waals surface area contributed by atoms with Crippen molar-refractivity contribution in [2.45, 2.75) is 38.2 Å². The Morgan fingerprint density at radius 2 is 2.04 bits per heavy atom. The Morgan fingerprint density at radius 3 is 2.69 bits per heavy atom. The van der Waals surface area contributed by atoms with Crippen molar-refractivity contribution in [2.24, 2.45) is 5.92 Å². The number of halogens is 2. The van der Waals surface area contributed by atoms with E-state index in [2.05, 4.69) is 5.32 Å². The molecule has 2 heterocycles. The first kappa shape index (κ1) is 19.1. The van der Waals surface area contributed by atoms with Gasteiger partial charge in [-0.05, 0) is 43.7 Å². The Hall–Kier alpha value is -1.66. The Morgan fingerprint density at radius 1 is 1.27 bits per heavy atom. The molecule has 2 amide bonds. The quantitative estimate of drug-likeness (QED) is 0.851. The maximum absolute atomic E-state index is 13.8. The number of benzene rings is 1. The number of carbonyl (C=O) groups is 2. The molecule has 1 aromatic rings. The lowest BCUT2D eigenvalue weighted by molar-refractivity contribution is -0.133. The summed E-state index contributed by atoms with van der Waals surface area (Å²) >= 11 is 6.00. The normalized spacial score (nSPS) is 21.0. The summed E-state index contributed by atoms with van der Waals surface area (Å²) in [6, 6.07) is 4.44. The summed E-state index contributed by atoms with van der Waals surface area (Å²) in [4.78, 5) is 26.2. The average molecular weight is 383 g/mol. The number of piperidine rings is 1. The zero-order valence-electron chi connectivity index (χ0n) is 14.7. The van der Waals surface area contributed by atoms with E-state index < -0.39 is 5.82 Å². The standard InChI is InChI=1S/C19H24ClFN2O3/c20-15-3-1-4-16(21)14(15)11-18(24)23-8-6-13(7-9-23)12-22-19(25)17-5-2-10-26-17/h1,3-4,13,17H,2,5-12H2,(H,22,25). The summed E-state index contributed by atoms with van der Waals surface area (Å²) in [5, 5.41) is 3.24. The van der Waals surface area contributed by atoms with Gasteiger partial charge in [-0.15, -0.1) is 0 Å². The predicted molar refractivity (Wildman–Crippen MR) is 96.4 cm³/mol. The van der Waals surface area contributed by atoms with Crippen molar-refractivity contribution < 1.29 is 18.7 Å². The number of hydrogen-bond donors (Lipinski definition) is 1. The summed E-state index contributed by atoms with van der Waals surface area (Å²) in [5.41, 5.74) is 0.255. The molecule has 1 atom stereocenters. The van der Waals surface area contributed by atoms with Crippen molar-refractivity contribution in [3.63, 3.8) is 0 Å². The third-order valence-corrected chi connectivity index (χ3v) is 5.50. The Labute approximate surface area is 157 Å². The lowest BCUT2D eigenvalue weighted by Gasteiger charge is -2.32. The summed E-state index contributed by atoms with van der Waals surface area (Å²) in [6.07, 6.45) is 3.04. The molecule has 1 unspecified atom stereocenters. The summed E-state index contributed by atoms with van der Waals surface area (Å²) in [5.74, 6) is -0.243. The Bertz CT molecular complexity index is 636. The van der Waals surface area contributed by atoms with Crippen LogP contribution in [0.5, 0.6) is 0 Å².